The van der Waals surface area contributed by atoms with Crippen LogP contribution in [0, 0.1) is 0 Å². The number of carboxylic acids is 1. The monoisotopic (exact) mass is 281 g/mol. The number of fused-ring (bicyclic) bond motifs is 1. The molecule has 0 saturated heterocycles. The van der Waals surface area contributed by atoms with Crippen molar-refractivity contribution >= 4 is 39.1 Å². The molecule has 0 spiro atoms. The molecule has 1 aromatic heterocycles. The lowest BCUT2D eigenvalue weighted by molar-refractivity contribution is -0.137. The number of carbonyl (C=O) groups is 2. The van der Waals surface area contributed by atoms with E-state index in [2.05, 4.69) is 15.9 Å². The summed E-state index contributed by atoms with van der Waals surface area (Å²) in [5.41, 5.74) is 1.24. The molecule has 0 atom stereocenters. The number of aromatic nitrogens is 1. The van der Waals surface area contributed by atoms with E-state index in [4.69, 9.17) is 5.11 Å². The van der Waals surface area contributed by atoms with Crippen molar-refractivity contribution in [3.05, 3.63) is 34.4 Å². The first-order chi connectivity index (χ1) is 7.61. The SMILES string of the molecule is O=Cc1cn(CC(=O)O)c2ccc(Br)cc12. The quantitative estimate of drug-likeness (QED) is 0.879. The average Bonchev–Trinajstić information content (AvgIpc) is 2.55. The molecule has 0 bridgehead atoms. The molecule has 0 fully saturated rings. The van der Waals surface area contributed by atoms with E-state index in [1.54, 1.807) is 22.9 Å². The Labute approximate surface area is 99.6 Å². The summed E-state index contributed by atoms with van der Waals surface area (Å²) in [6, 6.07) is 5.40. The van der Waals surface area contributed by atoms with Crippen molar-refractivity contribution in [1.82, 2.24) is 4.57 Å². The first-order valence-corrected chi connectivity index (χ1v) is 5.36. The van der Waals surface area contributed by atoms with Crippen LogP contribution in [0.3, 0.4) is 0 Å². The molecule has 0 amide bonds. The maximum absolute atomic E-state index is 10.9. The molecule has 0 unspecified atom stereocenters. The number of benzene rings is 1. The summed E-state index contributed by atoms with van der Waals surface area (Å²) in [7, 11) is 0. The third kappa shape index (κ3) is 1.86. The van der Waals surface area contributed by atoms with Crippen LogP contribution in [-0.4, -0.2) is 21.9 Å². The van der Waals surface area contributed by atoms with Crippen LogP contribution in [-0.2, 0) is 11.3 Å². The van der Waals surface area contributed by atoms with Crippen LogP contribution < -0.4 is 0 Å². The molecular weight excluding hydrogens is 274 g/mol. The molecule has 4 nitrogen and oxygen atoms in total. The standard InChI is InChI=1S/C11H8BrNO3/c12-8-1-2-10-9(3-8)7(6-14)4-13(10)5-11(15)16/h1-4,6H,5H2,(H,15,16). The van der Waals surface area contributed by atoms with E-state index in [0.29, 0.717) is 5.56 Å². The van der Waals surface area contributed by atoms with Crippen LogP contribution in [0.1, 0.15) is 10.4 Å². The molecule has 5 heteroatoms. The van der Waals surface area contributed by atoms with Gasteiger partial charge in [0.2, 0.25) is 0 Å². The van der Waals surface area contributed by atoms with Crippen molar-refractivity contribution in [2.45, 2.75) is 6.54 Å². The highest BCUT2D eigenvalue weighted by Crippen LogP contribution is 2.24. The van der Waals surface area contributed by atoms with Crippen LogP contribution in [0.2, 0.25) is 0 Å². The number of halogens is 1. The van der Waals surface area contributed by atoms with Crippen molar-refractivity contribution in [3.63, 3.8) is 0 Å². The van der Waals surface area contributed by atoms with Crippen LogP contribution in [0.5, 0.6) is 0 Å². The van der Waals surface area contributed by atoms with Gasteiger partial charge in [0, 0.05) is 27.1 Å². The summed E-state index contributed by atoms with van der Waals surface area (Å²) >= 11 is 3.31. The smallest absolute Gasteiger partial charge is 0.323 e. The lowest BCUT2D eigenvalue weighted by Crippen LogP contribution is -2.07. The van der Waals surface area contributed by atoms with Crippen LogP contribution in [0.15, 0.2) is 28.9 Å². The van der Waals surface area contributed by atoms with Gasteiger partial charge in [-0.05, 0) is 18.2 Å². The third-order valence-electron chi connectivity index (χ3n) is 2.31. The number of rotatable bonds is 3. The fourth-order valence-corrected chi connectivity index (χ4v) is 2.03. The zero-order valence-corrected chi connectivity index (χ0v) is 9.77. The number of carboxylic acid groups (broad SMARTS) is 1. The molecule has 1 heterocycles. The Morgan fingerprint density at radius 1 is 1.50 bits per heavy atom. The number of nitrogens with zero attached hydrogens (tertiary/aromatic N) is 1. The fraction of sp³-hybridized carbons (Fsp3) is 0.0909. The number of carbonyl (C=O) groups excluding carboxylic acids is 1. The van der Waals surface area contributed by atoms with Crippen molar-refractivity contribution in [2.24, 2.45) is 0 Å². The van der Waals surface area contributed by atoms with Gasteiger partial charge in [-0.25, -0.2) is 0 Å². The molecular formula is C11H8BrNO3. The molecule has 82 valence electrons. The van der Waals surface area contributed by atoms with Crippen molar-refractivity contribution < 1.29 is 14.7 Å². The predicted octanol–water partition coefficient (Wildman–Crippen LogP) is 2.30. The van der Waals surface area contributed by atoms with Gasteiger partial charge in [-0.1, -0.05) is 15.9 Å². The van der Waals surface area contributed by atoms with Crippen LogP contribution in [0.25, 0.3) is 10.9 Å². The van der Waals surface area contributed by atoms with Gasteiger partial charge >= 0.3 is 5.97 Å². The molecule has 0 aliphatic carbocycles. The summed E-state index contributed by atoms with van der Waals surface area (Å²) in [4.78, 5) is 21.5. The van der Waals surface area contributed by atoms with Gasteiger partial charge in [0.15, 0.2) is 6.29 Å². The van der Waals surface area contributed by atoms with Crippen LogP contribution in [0.4, 0.5) is 0 Å². The molecule has 0 saturated carbocycles. The zero-order valence-electron chi connectivity index (χ0n) is 8.18. The molecule has 2 rings (SSSR count). The minimum atomic E-state index is -0.933. The number of hydrogen-bond donors (Lipinski definition) is 1. The van der Waals surface area contributed by atoms with E-state index in [9.17, 15) is 9.59 Å². The van der Waals surface area contributed by atoms with Crippen molar-refractivity contribution in [3.8, 4) is 0 Å². The maximum Gasteiger partial charge on any atom is 0.323 e. The Hall–Kier alpha value is -1.62. The van der Waals surface area contributed by atoms with Crippen molar-refractivity contribution in [2.75, 3.05) is 0 Å². The van der Waals surface area contributed by atoms with E-state index in [0.717, 1.165) is 21.7 Å². The van der Waals surface area contributed by atoms with E-state index in [1.165, 1.54) is 0 Å². The van der Waals surface area contributed by atoms with E-state index < -0.39 is 5.97 Å². The highest BCUT2D eigenvalue weighted by atomic mass is 79.9. The Balaban J connectivity index is 2.67. The predicted molar refractivity (Wildman–Crippen MR) is 62.7 cm³/mol. The molecule has 1 N–H and O–H groups in total. The van der Waals surface area contributed by atoms with Gasteiger partial charge < -0.3 is 9.67 Å². The van der Waals surface area contributed by atoms with E-state index in [1.807, 2.05) is 6.07 Å². The average molecular weight is 282 g/mol. The second-order valence-corrected chi connectivity index (χ2v) is 4.30. The largest absolute Gasteiger partial charge is 0.480 e. The van der Waals surface area contributed by atoms with Gasteiger partial charge in [-0.2, -0.15) is 0 Å². The fourth-order valence-electron chi connectivity index (χ4n) is 1.67. The molecule has 0 aliphatic rings. The zero-order chi connectivity index (χ0) is 11.7. The minimum absolute atomic E-state index is 0.147. The molecule has 2 aromatic rings. The summed E-state index contributed by atoms with van der Waals surface area (Å²) in [6.07, 6.45) is 2.28. The van der Waals surface area contributed by atoms with E-state index in [-0.39, 0.29) is 6.54 Å². The van der Waals surface area contributed by atoms with Crippen molar-refractivity contribution in [1.29, 1.82) is 0 Å². The molecule has 0 radical (unpaired) electrons. The Bertz CT molecular complexity index is 574. The van der Waals surface area contributed by atoms with Gasteiger partial charge in [0.1, 0.15) is 6.54 Å². The summed E-state index contributed by atoms with van der Waals surface area (Å²) in [5.74, 6) is -0.933. The first-order valence-electron chi connectivity index (χ1n) is 4.57. The maximum atomic E-state index is 10.9. The normalized spacial score (nSPS) is 10.6. The summed E-state index contributed by atoms with van der Waals surface area (Å²) in [5, 5.41) is 9.50. The Kier molecular flexibility index (Phi) is 2.78. The topological polar surface area (TPSA) is 59.3 Å². The summed E-state index contributed by atoms with van der Waals surface area (Å²) in [6.45, 7) is -0.147. The minimum Gasteiger partial charge on any atom is -0.480 e. The van der Waals surface area contributed by atoms with E-state index >= 15 is 0 Å². The van der Waals surface area contributed by atoms with Gasteiger partial charge in [-0.15, -0.1) is 0 Å². The Morgan fingerprint density at radius 3 is 2.88 bits per heavy atom. The highest BCUT2D eigenvalue weighted by Gasteiger charge is 2.10. The molecule has 16 heavy (non-hydrogen) atoms. The number of aldehydes is 1. The third-order valence-corrected chi connectivity index (χ3v) is 2.80. The number of hydrogen-bond acceptors (Lipinski definition) is 2. The lowest BCUT2D eigenvalue weighted by Gasteiger charge is -2.00. The number of aliphatic carboxylic acids is 1. The van der Waals surface area contributed by atoms with Crippen LogP contribution >= 0.6 is 15.9 Å². The molecule has 1 aromatic carbocycles. The van der Waals surface area contributed by atoms with Gasteiger partial charge in [-0.3, -0.25) is 9.59 Å². The van der Waals surface area contributed by atoms with Gasteiger partial charge in [0.25, 0.3) is 0 Å². The lowest BCUT2D eigenvalue weighted by atomic mass is 10.2. The highest BCUT2D eigenvalue weighted by molar-refractivity contribution is 9.10. The molecule has 0 aliphatic heterocycles. The second kappa shape index (κ2) is 4.09. The summed E-state index contributed by atoms with van der Waals surface area (Å²) < 4.78 is 2.41. The second-order valence-electron chi connectivity index (χ2n) is 3.39. The van der Waals surface area contributed by atoms with Gasteiger partial charge in [0.05, 0.1) is 0 Å². The first kappa shape index (κ1) is 10.9. The Morgan fingerprint density at radius 2 is 2.25 bits per heavy atom.